The van der Waals surface area contributed by atoms with E-state index in [1.165, 1.54) is 5.56 Å². The number of likely N-dealkylation sites (tertiary alicyclic amines) is 1. The number of hydrogen-bond donors (Lipinski definition) is 2. The summed E-state index contributed by atoms with van der Waals surface area (Å²) in [6.45, 7) is 10.1. The molecule has 140 valence electrons. The summed E-state index contributed by atoms with van der Waals surface area (Å²) < 4.78 is 5.75. The summed E-state index contributed by atoms with van der Waals surface area (Å²) >= 11 is 0. The summed E-state index contributed by atoms with van der Waals surface area (Å²) in [5.41, 5.74) is 3.39. The topological polar surface area (TPSA) is 70.0 Å². The largest absolute Gasteiger partial charge is 0.491 e. The predicted molar refractivity (Wildman–Crippen MR) is 98.1 cm³/mol. The third kappa shape index (κ3) is 4.95. The van der Waals surface area contributed by atoms with Crippen molar-refractivity contribution in [3.05, 3.63) is 28.8 Å². The Balaban J connectivity index is 2.36. The minimum absolute atomic E-state index is 0.00242. The van der Waals surface area contributed by atoms with Crippen LogP contribution in [0.4, 0.5) is 0 Å². The number of aliphatic hydroxyl groups is 1. The average molecular weight is 349 g/mol. The molecule has 1 aliphatic rings. The molecule has 0 radical (unpaired) electrons. The second-order valence-corrected chi connectivity index (χ2v) is 7.92. The molecule has 2 rings (SSSR count). The number of aliphatic carboxylic acids is 1. The molecule has 0 spiro atoms. The molecule has 0 bridgehead atoms. The number of benzene rings is 1. The van der Waals surface area contributed by atoms with Gasteiger partial charge in [0, 0.05) is 12.1 Å². The van der Waals surface area contributed by atoms with Gasteiger partial charge < -0.3 is 14.9 Å². The van der Waals surface area contributed by atoms with E-state index in [0.717, 1.165) is 36.3 Å². The highest BCUT2D eigenvalue weighted by Gasteiger charge is 2.29. The highest BCUT2D eigenvalue weighted by atomic mass is 16.5. The summed E-state index contributed by atoms with van der Waals surface area (Å²) in [7, 11) is 0. The zero-order valence-electron chi connectivity index (χ0n) is 15.8. The Morgan fingerprint density at radius 2 is 2.04 bits per heavy atom. The Hall–Kier alpha value is -1.59. The van der Waals surface area contributed by atoms with Crippen molar-refractivity contribution in [3.8, 4) is 5.75 Å². The lowest BCUT2D eigenvalue weighted by Gasteiger charge is -2.34. The van der Waals surface area contributed by atoms with E-state index in [2.05, 4.69) is 33.8 Å². The van der Waals surface area contributed by atoms with Crippen LogP contribution in [0.5, 0.6) is 5.75 Å². The molecule has 25 heavy (non-hydrogen) atoms. The maximum Gasteiger partial charge on any atom is 0.320 e. The van der Waals surface area contributed by atoms with Crippen molar-refractivity contribution in [3.63, 3.8) is 0 Å². The van der Waals surface area contributed by atoms with Crippen molar-refractivity contribution in [2.24, 2.45) is 0 Å². The number of carbonyl (C=O) groups is 1. The second-order valence-electron chi connectivity index (χ2n) is 7.92. The summed E-state index contributed by atoms with van der Waals surface area (Å²) in [6, 6.07) is 3.74. The molecule has 0 saturated carbocycles. The molecule has 5 nitrogen and oxygen atoms in total. The van der Waals surface area contributed by atoms with Crippen LogP contribution in [0, 0.1) is 6.92 Å². The number of piperidine rings is 1. The fourth-order valence-corrected chi connectivity index (χ4v) is 3.63. The van der Waals surface area contributed by atoms with E-state index in [1.807, 2.05) is 11.0 Å². The third-order valence-corrected chi connectivity index (χ3v) is 4.84. The summed E-state index contributed by atoms with van der Waals surface area (Å²) in [6.07, 6.45) is 2.68. The molecule has 1 aliphatic heterocycles. The maximum atomic E-state index is 11.6. The summed E-state index contributed by atoms with van der Waals surface area (Å²) in [5, 5.41) is 18.6. The van der Waals surface area contributed by atoms with Gasteiger partial charge in [-0.25, -0.2) is 0 Å². The van der Waals surface area contributed by atoms with Crippen LogP contribution in [0.15, 0.2) is 12.1 Å². The Bertz CT molecular complexity index is 606. The van der Waals surface area contributed by atoms with E-state index in [9.17, 15) is 9.90 Å². The number of carboxylic acid groups (broad SMARTS) is 1. The summed E-state index contributed by atoms with van der Waals surface area (Å²) in [4.78, 5) is 13.6. The van der Waals surface area contributed by atoms with Crippen molar-refractivity contribution in [2.45, 2.75) is 65.0 Å². The molecule has 5 heteroatoms. The molecule has 0 unspecified atom stereocenters. The van der Waals surface area contributed by atoms with E-state index in [1.54, 1.807) is 0 Å². The van der Waals surface area contributed by atoms with Gasteiger partial charge in [0.2, 0.25) is 0 Å². The molecular weight excluding hydrogens is 318 g/mol. The first kappa shape index (κ1) is 19.7. The molecule has 1 aromatic rings. The first-order valence-corrected chi connectivity index (χ1v) is 9.08. The lowest BCUT2D eigenvalue weighted by molar-refractivity contribution is -0.144. The fourth-order valence-electron chi connectivity index (χ4n) is 3.63. The Morgan fingerprint density at radius 1 is 1.32 bits per heavy atom. The first-order chi connectivity index (χ1) is 11.7. The molecule has 0 aromatic heterocycles. The SMILES string of the molecule is Cc1cc(OCCO)c(CN2CCCC[C@H]2C(=O)O)cc1C(C)(C)C. The van der Waals surface area contributed by atoms with Crippen LogP contribution >= 0.6 is 0 Å². The van der Waals surface area contributed by atoms with Gasteiger partial charge in [0.05, 0.1) is 6.61 Å². The Labute approximate surface area is 150 Å². The van der Waals surface area contributed by atoms with Crippen molar-refractivity contribution < 1.29 is 19.7 Å². The van der Waals surface area contributed by atoms with Gasteiger partial charge in [-0.1, -0.05) is 33.3 Å². The lowest BCUT2D eigenvalue weighted by atomic mass is 9.83. The van der Waals surface area contributed by atoms with Crippen molar-refractivity contribution in [2.75, 3.05) is 19.8 Å². The van der Waals surface area contributed by atoms with Crippen LogP contribution in [-0.2, 0) is 16.8 Å². The second kappa shape index (κ2) is 8.19. The standard InChI is InChI=1S/C20H31NO4/c1-14-11-18(25-10-9-22)15(12-16(14)20(2,3)4)13-21-8-6-5-7-17(21)19(23)24/h11-12,17,22H,5-10,13H2,1-4H3,(H,23,24)/t17-/m0/s1. The predicted octanol–water partition coefficient (Wildman–Crippen LogP) is 3.10. The van der Waals surface area contributed by atoms with Crippen molar-refractivity contribution >= 4 is 5.97 Å². The smallest absolute Gasteiger partial charge is 0.320 e. The minimum atomic E-state index is -0.749. The van der Waals surface area contributed by atoms with E-state index >= 15 is 0 Å². The monoisotopic (exact) mass is 349 g/mol. The molecule has 2 N–H and O–H groups in total. The van der Waals surface area contributed by atoms with Gasteiger partial charge in [-0.05, 0) is 48.9 Å². The fraction of sp³-hybridized carbons (Fsp3) is 0.650. The third-order valence-electron chi connectivity index (χ3n) is 4.84. The van der Waals surface area contributed by atoms with Crippen LogP contribution in [0.2, 0.25) is 0 Å². The maximum absolute atomic E-state index is 11.6. The zero-order valence-corrected chi connectivity index (χ0v) is 15.8. The first-order valence-electron chi connectivity index (χ1n) is 9.08. The van der Waals surface area contributed by atoms with Gasteiger partial charge in [-0.15, -0.1) is 0 Å². The van der Waals surface area contributed by atoms with Crippen LogP contribution in [-0.4, -0.2) is 46.9 Å². The van der Waals surface area contributed by atoms with Crippen molar-refractivity contribution in [1.82, 2.24) is 4.90 Å². The van der Waals surface area contributed by atoms with E-state index in [4.69, 9.17) is 9.84 Å². The number of ether oxygens (including phenoxy) is 1. The molecule has 1 aromatic carbocycles. The highest BCUT2D eigenvalue weighted by molar-refractivity contribution is 5.73. The molecular formula is C20H31NO4. The van der Waals surface area contributed by atoms with Crippen LogP contribution in [0.25, 0.3) is 0 Å². The van der Waals surface area contributed by atoms with E-state index in [0.29, 0.717) is 13.0 Å². The highest BCUT2D eigenvalue weighted by Crippen LogP contribution is 2.33. The molecule has 1 atom stereocenters. The van der Waals surface area contributed by atoms with Crippen molar-refractivity contribution in [1.29, 1.82) is 0 Å². The summed E-state index contributed by atoms with van der Waals surface area (Å²) in [5.74, 6) is -0.00468. The van der Waals surface area contributed by atoms with Gasteiger partial charge >= 0.3 is 5.97 Å². The zero-order chi connectivity index (χ0) is 18.6. The van der Waals surface area contributed by atoms with Gasteiger partial charge in [0.1, 0.15) is 18.4 Å². The Kier molecular flexibility index (Phi) is 6.47. The van der Waals surface area contributed by atoms with E-state index in [-0.39, 0.29) is 18.6 Å². The van der Waals surface area contributed by atoms with Gasteiger partial charge in [-0.2, -0.15) is 0 Å². The molecule has 1 fully saturated rings. The normalized spacial score (nSPS) is 19.0. The lowest BCUT2D eigenvalue weighted by Crippen LogP contribution is -2.44. The van der Waals surface area contributed by atoms with Gasteiger partial charge in [0.15, 0.2) is 0 Å². The average Bonchev–Trinajstić information content (AvgIpc) is 2.53. The minimum Gasteiger partial charge on any atom is -0.491 e. The molecule has 1 saturated heterocycles. The van der Waals surface area contributed by atoms with Crippen LogP contribution in [0.3, 0.4) is 0 Å². The molecule has 0 amide bonds. The number of carboxylic acids is 1. The van der Waals surface area contributed by atoms with Crippen LogP contribution in [0.1, 0.15) is 56.7 Å². The number of aliphatic hydroxyl groups excluding tert-OH is 1. The molecule has 1 heterocycles. The number of hydrogen-bond acceptors (Lipinski definition) is 4. The number of rotatable bonds is 6. The molecule has 0 aliphatic carbocycles. The number of nitrogens with zero attached hydrogens (tertiary/aromatic N) is 1. The Morgan fingerprint density at radius 3 is 2.64 bits per heavy atom. The number of aryl methyl sites for hydroxylation is 1. The van der Waals surface area contributed by atoms with Gasteiger partial charge in [0.25, 0.3) is 0 Å². The van der Waals surface area contributed by atoms with E-state index < -0.39 is 12.0 Å². The van der Waals surface area contributed by atoms with Gasteiger partial charge in [-0.3, -0.25) is 9.69 Å². The quantitative estimate of drug-likeness (QED) is 0.826. The van der Waals surface area contributed by atoms with Crippen LogP contribution < -0.4 is 4.74 Å².